The zero-order valence-corrected chi connectivity index (χ0v) is 20.9. The number of nitrogens with one attached hydrogen (secondary N) is 2. The molecule has 0 radical (unpaired) electrons. The molecule has 0 unspecified atom stereocenters. The zero-order valence-electron chi connectivity index (χ0n) is 20.1. The van der Waals surface area contributed by atoms with E-state index in [1.807, 2.05) is 6.92 Å². The van der Waals surface area contributed by atoms with Gasteiger partial charge in [0.25, 0.3) is 0 Å². The third-order valence-electron chi connectivity index (χ3n) is 5.23. The lowest BCUT2D eigenvalue weighted by atomic mass is 9.96. The highest BCUT2D eigenvalue weighted by atomic mass is 32.2. The normalized spacial score (nSPS) is 14.0. The number of amidine groups is 1. The lowest BCUT2D eigenvalue weighted by Gasteiger charge is -2.23. The molecule has 1 aliphatic carbocycles. The van der Waals surface area contributed by atoms with Crippen molar-refractivity contribution >= 4 is 33.8 Å². The van der Waals surface area contributed by atoms with E-state index < -0.39 is 12.5 Å². The molecule has 0 bridgehead atoms. The second-order valence-corrected chi connectivity index (χ2v) is 9.64. The molecule has 11 heteroatoms. The third kappa shape index (κ3) is 8.27. The van der Waals surface area contributed by atoms with Gasteiger partial charge in [-0.3, -0.25) is 25.3 Å². The summed E-state index contributed by atoms with van der Waals surface area (Å²) in [5, 5.41) is 16.3. The van der Waals surface area contributed by atoms with Crippen LogP contribution in [0.2, 0.25) is 0 Å². The SMILES string of the molecule is CC(C)Oc1cc([C@@H](C)CC(=O)N(C)CC(=O)N(C)C(=N)SC(=N)C2CC2)ccc1OC(F)F. The molecule has 1 atom stereocenters. The van der Waals surface area contributed by atoms with Crippen molar-refractivity contribution < 1.29 is 27.8 Å². The van der Waals surface area contributed by atoms with E-state index >= 15 is 0 Å². The molecular formula is C23H32F2N4O4S. The fourth-order valence-corrected chi connectivity index (χ4v) is 3.87. The minimum Gasteiger partial charge on any atom is -0.487 e. The Hall–Kier alpha value is -2.69. The van der Waals surface area contributed by atoms with Crippen LogP contribution in [0.1, 0.15) is 51.5 Å². The molecule has 1 saturated carbocycles. The topological polar surface area (TPSA) is 107 Å². The van der Waals surface area contributed by atoms with Gasteiger partial charge in [-0.2, -0.15) is 8.78 Å². The summed E-state index contributed by atoms with van der Waals surface area (Å²) in [6.45, 7) is 2.16. The fraction of sp³-hybridized carbons (Fsp3) is 0.565. The molecule has 8 nitrogen and oxygen atoms in total. The monoisotopic (exact) mass is 498 g/mol. The number of amides is 2. The highest BCUT2D eigenvalue weighted by Gasteiger charge is 2.29. The van der Waals surface area contributed by atoms with Crippen LogP contribution < -0.4 is 9.47 Å². The summed E-state index contributed by atoms with van der Waals surface area (Å²) in [5.41, 5.74) is 0.708. The molecule has 0 aliphatic heterocycles. The summed E-state index contributed by atoms with van der Waals surface area (Å²) in [7, 11) is 2.97. The first-order valence-electron chi connectivity index (χ1n) is 11.0. The number of hydrogen-bond acceptors (Lipinski definition) is 7. The first-order chi connectivity index (χ1) is 15.9. The van der Waals surface area contributed by atoms with Crippen LogP contribution in [0.4, 0.5) is 8.78 Å². The van der Waals surface area contributed by atoms with Gasteiger partial charge in [0, 0.05) is 26.4 Å². The van der Waals surface area contributed by atoms with Gasteiger partial charge in [0.1, 0.15) is 0 Å². The largest absolute Gasteiger partial charge is 0.487 e. The van der Waals surface area contributed by atoms with E-state index in [1.54, 1.807) is 26.0 Å². The van der Waals surface area contributed by atoms with Crippen LogP contribution in [0.3, 0.4) is 0 Å². The minimum absolute atomic E-state index is 0.0418. The number of thioether (sulfide) groups is 1. The predicted octanol–water partition coefficient (Wildman–Crippen LogP) is 4.54. The van der Waals surface area contributed by atoms with E-state index in [2.05, 4.69) is 4.74 Å². The number of halogens is 2. The molecule has 188 valence electrons. The Morgan fingerprint density at radius 3 is 2.29 bits per heavy atom. The standard InChI is InChI=1S/C23H32F2N4O4S/c1-13(2)32-18-11-16(8-9-17(18)33-22(24)25)14(3)10-19(30)28(4)12-20(31)29(5)23(27)34-21(26)15-6-7-15/h8-9,11,13-15,22,26-27H,6-7,10,12H2,1-5H3/t14-/m0/s1. The molecule has 0 saturated heterocycles. The van der Waals surface area contributed by atoms with Gasteiger partial charge in [0.2, 0.25) is 11.8 Å². The zero-order chi connectivity index (χ0) is 25.6. The first-order valence-corrected chi connectivity index (χ1v) is 11.8. The van der Waals surface area contributed by atoms with E-state index in [1.165, 1.54) is 25.1 Å². The Kier molecular flexibility index (Phi) is 9.84. The molecule has 0 aromatic heterocycles. The van der Waals surface area contributed by atoms with Crippen molar-refractivity contribution in [2.75, 3.05) is 20.6 Å². The van der Waals surface area contributed by atoms with E-state index in [9.17, 15) is 18.4 Å². The maximum Gasteiger partial charge on any atom is 0.387 e. The molecule has 1 fully saturated rings. The molecule has 34 heavy (non-hydrogen) atoms. The van der Waals surface area contributed by atoms with Gasteiger partial charge in [0.05, 0.1) is 17.7 Å². The summed E-state index contributed by atoms with van der Waals surface area (Å²) in [6.07, 6.45) is 1.71. The average molecular weight is 499 g/mol. The summed E-state index contributed by atoms with van der Waals surface area (Å²) in [5.74, 6) is -0.686. The molecule has 1 aliphatic rings. The van der Waals surface area contributed by atoms with Gasteiger partial charge >= 0.3 is 6.61 Å². The van der Waals surface area contributed by atoms with E-state index in [4.69, 9.17) is 15.6 Å². The molecule has 0 heterocycles. The van der Waals surface area contributed by atoms with Crippen LogP contribution in [0.25, 0.3) is 0 Å². The summed E-state index contributed by atoms with van der Waals surface area (Å²) < 4.78 is 35.5. The van der Waals surface area contributed by atoms with Crippen LogP contribution in [-0.2, 0) is 9.59 Å². The maximum absolute atomic E-state index is 12.7. The molecular weight excluding hydrogens is 466 g/mol. The summed E-state index contributed by atoms with van der Waals surface area (Å²) >= 11 is 0.959. The van der Waals surface area contributed by atoms with Gasteiger partial charge in [-0.25, -0.2) is 0 Å². The van der Waals surface area contributed by atoms with Crippen LogP contribution in [0.15, 0.2) is 18.2 Å². The van der Waals surface area contributed by atoms with Gasteiger partial charge in [0.15, 0.2) is 16.7 Å². The number of rotatable bonds is 10. The Bertz CT molecular complexity index is 924. The quantitative estimate of drug-likeness (QED) is 0.364. The van der Waals surface area contributed by atoms with Crippen LogP contribution >= 0.6 is 11.8 Å². The number of hydrogen-bond donors (Lipinski definition) is 2. The molecule has 0 spiro atoms. The number of benzene rings is 1. The van der Waals surface area contributed by atoms with Crippen LogP contribution in [0, 0.1) is 16.7 Å². The van der Waals surface area contributed by atoms with Crippen molar-refractivity contribution in [3.63, 3.8) is 0 Å². The number of likely N-dealkylation sites (N-methyl/N-ethyl adjacent to an activating group) is 2. The van der Waals surface area contributed by atoms with Crippen LogP contribution in [-0.4, -0.2) is 65.2 Å². The Balaban J connectivity index is 1.96. The van der Waals surface area contributed by atoms with E-state index in [-0.39, 0.29) is 53.5 Å². The molecule has 2 amide bonds. The smallest absolute Gasteiger partial charge is 0.387 e. The lowest BCUT2D eigenvalue weighted by Crippen LogP contribution is -2.41. The molecule has 2 rings (SSSR count). The van der Waals surface area contributed by atoms with E-state index in [0.717, 1.165) is 29.5 Å². The predicted molar refractivity (Wildman–Crippen MR) is 128 cm³/mol. The van der Waals surface area contributed by atoms with Gasteiger partial charge in [-0.05, 0) is 62.1 Å². The number of carbonyl (C=O) groups excluding carboxylic acids is 2. The van der Waals surface area contributed by atoms with Gasteiger partial charge in [-0.1, -0.05) is 13.0 Å². The van der Waals surface area contributed by atoms with Crippen molar-refractivity contribution in [1.82, 2.24) is 9.80 Å². The fourth-order valence-electron chi connectivity index (χ4n) is 3.02. The highest BCUT2D eigenvalue weighted by molar-refractivity contribution is 8.26. The van der Waals surface area contributed by atoms with Crippen molar-refractivity contribution in [2.24, 2.45) is 5.92 Å². The summed E-state index contributed by atoms with van der Waals surface area (Å²) in [4.78, 5) is 27.7. The minimum atomic E-state index is -2.98. The van der Waals surface area contributed by atoms with Crippen molar-refractivity contribution in [3.05, 3.63) is 23.8 Å². The lowest BCUT2D eigenvalue weighted by molar-refractivity contribution is -0.137. The third-order valence-corrected chi connectivity index (χ3v) is 6.25. The number of alkyl halides is 2. The number of nitrogens with zero attached hydrogens (tertiary/aromatic N) is 2. The highest BCUT2D eigenvalue weighted by Crippen LogP contribution is 2.35. The Morgan fingerprint density at radius 1 is 1.09 bits per heavy atom. The second-order valence-electron chi connectivity index (χ2n) is 8.60. The van der Waals surface area contributed by atoms with Gasteiger partial charge in [-0.15, -0.1) is 0 Å². The van der Waals surface area contributed by atoms with Crippen molar-refractivity contribution in [1.29, 1.82) is 10.8 Å². The molecule has 1 aromatic rings. The van der Waals surface area contributed by atoms with E-state index in [0.29, 0.717) is 10.6 Å². The first kappa shape index (κ1) is 27.6. The Morgan fingerprint density at radius 2 is 1.74 bits per heavy atom. The van der Waals surface area contributed by atoms with Gasteiger partial charge < -0.3 is 14.4 Å². The number of ether oxygens (including phenoxy) is 2. The van der Waals surface area contributed by atoms with Crippen molar-refractivity contribution in [2.45, 2.75) is 58.7 Å². The number of carbonyl (C=O) groups is 2. The van der Waals surface area contributed by atoms with Crippen LogP contribution in [0.5, 0.6) is 11.5 Å². The molecule has 1 aromatic carbocycles. The molecule has 2 N–H and O–H groups in total. The second kappa shape index (κ2) is 12.1. The summed E-state index contributed by atoms with van der Waals surface area (Å²) in [6, 6.07) is 4.59. The average Bonchev–Trinajstić information content (AvgIpc) is 3.58. The van der Waals surface area contributed by atoms with Crippen molar-refractivity contribution in [3.8, 4) is 11.5 Å². The maximum atomic E-state index is 12.7. The Labute approximate surface area is 203 Å².